The number of Topliss-reactive ketones (excluding diaryl/α,β-unsaturated/α-hetero) is 1. The van der Waals surface area contributed by atoms with E-state index in [-0.39, 0.29) is 44.7 Å². The van der Waals surface area contributed by atoms with Crippen molar-refractivity contribution < 1.29 is 9.59 Å². The smallest absolute Gasteiger partial charge is 0.269 e. The molecule has 0 saturated heterocycles. The first-order valence-electron chi connectivity index (χ1n) is 8.58. The molecule has 0 saturated carbocycles. The number of aromatic nitrogens is 4. The van der Waals surface area contributed by atoms with E-state index in [1.807, 2.05) is 13.0 Å². The molecule has 0 aliphatic carbocycles. The molecule has 2 heterocycles. The monoisotopic (exact) mass is 430 g/mol. The number of aromatic amines is 1. The van der Waals surface area contributed by atoms with Crippen LogP contribution < -0.4 is 5.32 Å². The number of amides is 1. The van der Waals surface area contributed by atoms with Crippen LogP contribution in [0.4, 0.5) is 0 Å². The Morgan fingerprint density at radius 2 is 2.00 bits per heavy atom. The average molecular weight is 431 g/mol. The Bertz CT molecular complexity index is 1100. The van der Waals surface area contributed by atoms with Crippen molar-refractivity contribution in [3.05, 3.63) is 57.5 Å². The Morgan fingerprint density at radius 3 is 2.59 bits per heavy atom. The Hall–Kier alpha value is -3.15. The lowest BCUT2D eigenvalue weighted by Gasteiger charge is -2.13. The van der Waals surface area contributed by atoms with Crippen LogP contribution in [-0.2, 0) is 6.54 Å². The predicted molar refractivity (Wildman–Crippen MR) is 108 cm³/mol. The van der Waals surface area contributed by atoms with Gasteiger partial charge in [-0.1, -0.05) is 23.2 Å². The molecule has 3 rings (SSSR count). The summed E-state index contributed by atoms with van der Waals surface area (Å²) in [6.07, 6.45) is 1.77. The summed E-state index contributed by atoms with van der Waals surface area (Å²) in [5, 5.41) is 23.2. The van der Waals surface area contributed by atoms with Crippen LogP contribution in [0.3, 0.4) is 0 Å². The molecule has 2 N–H and O–H groups in total. The number of ketones is 1. The molecule has 0 fully saturated rings. The van der Waals surface area contributed by atoms with Crippen LogP contribution in [0.15, 0.2) is 30.5 Å². The number of carbonyl (C=O) groups is 2. The number of carbonyl (C=O) groups excluding carboxylic acids is 2. The fraction of sp³-hybridized carbons (Fsp3) is 0.211. The molecule has 29 heavy (non-hydrogen) atoms. The van der Waals surface area contributed by atoms with Gasteiger partial charge in [0.05, 0.1) is 27.8 Å². The number of benzene rings is 1. The molecule has 148 valence electrons. The SMILES string of the molecule is CC(=O)c1cc(C(=O)NC(C)Cn2ccc(-c3cc(Cl)c(C#N)c(Cl)c3)n2)[nH]n1. The average Bonchev–Trinajstić information content (AvgIpc) is 3.31. The van der Waals surface area contributed by atoms with Crippen molar-refractivity contribution in [2.45, 2.75) is 26.4 Å². The highest BCUT2D eigenvalue weighted by Gasteiger charge is 2.16. The van der Waals surface area contributed by atoms with Crippen molar-refractivity contribution in [3.63, 3.8) is 0 Å². The van der Waals surface area contributed by atoms with Gasteiger partial charge < -0.3 is 5.32 Å². The van der Waals surface area contributed by atoms with E-state index < -0.39 is 0 Å². The zero-order valence-electron chi connectivity index (χ0n) is 15.5. The normalized spacial score (nSPS) is 11.7. The fourth-order valence-electron chi connectivity index (χ4n) is 2.69. The molecule has 10 heteroatoms. The van der Waals surface area contributed by atoms with Gasteiger partial charge in [-0.05, 0) is 31.2 Å². The molecule has 0 radical (unpaired) electrons. The van der Waals surface area contributed by atoms with Crippen LogP contribution in [0.2, 0.25) is 10.0 Å². The zero-order chi connectivity index (χ0) is 21.1. The Kier molecular flexibility index (Phi) is 6.01. The third-order valence-electron chi connectivity index (χ3n) is 4.11. The first-order chi connectivity index (χ1) is 13.8. The summed E-state index contributed by atoms with van der Waals surface area (Å²) >= 11 is 12.2. The minimum absolute atomic E-state index is 0.208. The Morgan fingerprint density at radius 1 is 1.31 bits per heavy atom. The molecular weight excluding hydrogens is 415 g/mol. The number of halogens is 2. The van der Waals surface area contributed by atoms with Gasteiger partial charge in [-0.25, -0.2) is 0 Å². The minimum Gasteiger partial charge on any atom is -0.346 e. The van der Waals surface area contributed by atoms with Crippen molar-refractivity contribution in [3.8, 4) is 17.3 Å². The molecule has 0 spiro atoms. The van der Waals surface area contributed by atoms with Crippen molar-refractivity contribution in [1.82, 2.24) is 25.3 Å². The van der Waals surface area contributed by atoms with Crippen molar-refractivity contribution in [1.29, 1.82) is 5.26 Å². The van der Waals surface area contributed by atoms with Gasteiger partial charge in [0.15, 0.2) is 5.78 Å². The second-order valence-electron chi connectivity index (χ2n) is 6.45. The zero-order valence-corrected chi connectivity index (χ0v) is 17.0. The first kappa shape index (κ1) is 20.6. The molecule has 1 unspecified atom stereocenters. The number of nitrogens with one attached hydrogen (secondary N) is 2. The molecule has 1 amide bonds. The largest absolute Gasteiger partial charge is 0.346 e. The maximum absolute atomic E-state index is 12.3. The van der Waals surface area contributed by atoms with Gasteiger partial charge >= 0.3 is 0 Å². The highest BCUT2D eigenvalue weighted by Crippen LogP contribution is 2.30. The van der Waals surface area contributed by atoms with E-state index in [0.717, 1.165) is 0 Å². The predicted octanol–water partition coefficient (Wildman–Crippen LogP) is 3.47. The summed E-state index contributed by atoms with van der Waals surface area (Å²) in [6.45, 7) is 3.62. The number of hydrogen-bond donors (Lipinski definition) is 2. The Balaban J connectivity index is 1.67. The van der Waals surface area contributed by atoms with Gasteiger partial charge in [-0.2, -0.15) is 15.5 Å². The summed E-state index contributed by atoms with van der Waals surface area (Å²) in [7, 11) is 0. The molecular formula is C19H16Cl2N6O2. The minimum atomic E-state index is -0.365. The summed E-state index contributed by atoms with van der Waals surface area (Å²) in [4.78, 5) is 23.5. The Labute approximate surface area is 176 Å². The highest BCUT2D eigenvalue weighted by atomic mass is 35.5. The van der Waals surface area contributed by atoms with Gasteiger partial charge in [0.2, 0.25) is 0 Å². The van der Waals surface area contributed by atoms with Crippen molar-refractivity contribution >= 4 is 34.9 Å². The van der Waals surface area contributed by atoms with Crippen molar-refractivity contribution in [2.24, 2.45) is 0 Å². The second-order valence-corrected chi connectivity index (χ2v) is 7.26. The van der Waals surface area contributed by atoms with Crippen LogP contribution in [0.25, 0.3) is 11.3 Å². The van der Waals surface area contributed by atoms with Gasteiger partial charge in [-0.15, -0.1) is 0 Å². The van der Waals surface area contributed by atoms with E-state index in [1.54, 1.807) is 29.1 Å². The molecule has 1 aromatic carbocycles. The van der Waals surface area contributed by atoms with Gasteiger partial charge in [0, 0.05) is 24.7 Å². The summed E-state index contributed by atoms with van der Waals surface area (Å²) < 4.78 is 1.67. The molecule has 8 nitrogen and oxygen atoms in total. The third kappa shape index (κ3) is 4.65. The molecule has 2 aromatic heterocycles. The van der Waals surface area contributed by atoms with E-state index in [1.165, 1.54) is 13.0 Å². The van der Waals surface area contributed by atoms with Crippen molar-refractivity contribution in [2.75, 3.05) is 0 Å². The number of rotatable bonds is 6. The maximum Gasteiger partial charge on any atom is 0.269 e. The standard InChI is InChI=1S/C19H16Cl2N6O2/c1-10(23-19(29)18-7-17(11(2)28)24-25-18)9-27-4-3-16(26-27)12-5-14(20)13(8-22)15(21)6-12/h3-7,10H,9H2,1-2H3,(H,23,29)(H,24,25). The number of nitriles is 1. The fourth-order valence-corrected chi connectivity index (χ4v) is 3.26. The lowest BCUT2D eigenvalue weighted by molar-refractivity contribution is 0.0930. The lowest BCUT2D eigenvalue weighted by Crippen LogP contribution is -2.36. The van der Waals surface area contributed by atoms with E-state index in [2.05, 4.69) is 20.6 Å². The number of hydrogen-bond acceptors (Lipinski definition) is 5. The number of H-pyrrole nitrogens is 1. The molecule has 0 bridgehead atoms. The second kappa shape index (κ2) is 8.47. The molecule has 0 aliphatic rings. The van der Waals surface area contributed by atoms with E-state index in [9.17, 15) is 9.59 Å². The first-order valence-corrected chi connectivity index (χ1v) is 9.34. The topological polar surface area (TPSA) is 116 Å². The summed E-state index contributed by atoms with van der Waals surface area (Å²) in [6, 6.07) is 8.18. The van der Waals surface area contributed by atoms with Crippen LogP contribution >= 0.6 is 23.2 Å². The van der Waals surface area contributed by atoms with E-state index in [4.69, 9.17) is 28.5 Å². The van der Waals surface area contributed by atoms with Crippen LogP contribution in [0, 0.1) is 11.3 Å². The van der Waals surface area contributed by atoms with Gasteiger partial charge in [0.25, 0.3) is 5.91 Å². The van der Waals surface area contributed by atoms with Gasteiger partial charge in [0.1, 0.15) is 17.5 Å². The van der Waals surface area contributed by atoms with E-state index >= 15 is 0 Å². The van der Waals surface area contributed by atoms with Crippen LogP contribution in [-0.4, -0.2) is 37.7 Å². The summed E-state index contributed by atoms with van der Waals surface area (Å²) in [5.41, 5.74) is 1.96. The van der Waals surface area contributed by atoms with E-state index in [0.29, 0.717) is 17.8 Å². The van der Waals surface area contributed by atoms with Crippen LogP contribution in [0.5, 0.6) is 0 Å². The summed E-state index contributed by atoms with van der Waals surface area (Å²) in [5.74, 6) is -0.587. The quantitative estimate of drug-likeness (QED) is 0.580. The molecule has 0 aliphatic heterocycles. The molecule has 3 aromatic rings. The maximum atomic E-state index is 12.3. The van der Waals surface area contributed by atoms with Gasteiger partial charge in [-0.3, -0.25) is 19.4 Å². The number of nitrogens with zero attached hydrogens (tertiary/aromatic N) is 4. The third-order valence-corrected chi connectivity index (χ3v) is 4.71. The highest BCUT2D eigenvalue weighted by molar-refractivity contribution is 6.37. The van der Waals surface area contributed by atoms with Crippen LogP contribution in [0.1, 0.15) is 40.4 Å². The lowest BCUT2D eigenvalue weighted by atomic mass is 10.1. The molecule has 1 atom stereocenters.